The second-order valence-electron chi connectivity index (χ2n) is 10.8. The van der Waals surface area contributed by atoms with E-state index in [1.165, 1.54) is 33.8 Å². The van der Waals surface area contributed by atoms with Gasteiger partial charge in [-0.3, -0.25) is 24.0 Å². The van der Waals surface area contributed by atoms with Crippen molar-refractivity contribution in [3.63, 3.8) is 0 Å². The van der Waals surface area contributed by atoms with E-state index in [2.05, 4.69) is 24.3 Å². The average molecular weight is 874 g/mol. The summed E-state index contributed by atoms with van der Waals surface area (Å²) < 4.78 is 0. The van der Waals surface area contributed by atoms with Gasteiger partial charge < -0.3 is 5.73 Å². The van der Waals surface area contributed by atoms with Crippen LogP contribution < -0.4 is 5.73 Å². The molecule has 3 radical (unpaired) electrons. The summed E-state index contributed by atoms with van der Waals surface area (Å²) in [4.78, 5) is 53.3. The van der Waals surface area contributed by atoms with Crippen LogP contribution in [0.4, 0.5) is 0 Å². The molecule has 48 heavy (non-hydrogen) atoms. The van der Waals surface area contributed by atoms with Gasteiger partial charge in [0, 0.05) is 110 Å². The smallest absolute Gasteiger partial charge is 0.154 e. The maximum Gasteiger partial charge on any atom is 0.154 e. The van der Waals surface area contributed by atoms with Gasteiger partial charge in [0.2, 0.25) is 0 Å². The van der Waals surface area contributed by atoms with Crippen LogP contribution in [-0.4, -0.2) is 28.9 Å². The minimum atomic E-state index is -0.105. The van der Waals surface area contributed by atoms with Crippen molar-refractivity contribution in [3.8, 4) is 6.07 Å². The summed E-state index contributed by atoms with van der Waals surface area (Å²) in [5, 5.41) is 8.58. The predicted octanol–water partition coefficient (Wildman–Crippen LogP) is 6.78. The topological polar surface area (TPSA) is 135 Å². The molecule has 7 nitrogen and oxygen atoms in total. The molecule has 0 saturated carbocycles. The summed E-state index contributed by atoms with van der Waals surface area (Å²) in [5.41, 5.74) is 14.5. The van der Waals surface area contributed by atoms with Gasteiger partial charge >= 0.3 is 0 Å². The Morgan fingerprint density at radius 1 is 0.646 bits per heavy atom. The first kappa shape index (κ1) is 53.2. The van der Waals surface area contributed by atoms with Gasteiger partial charge in [0.15, 0.2) is 5.78 Å². The van der Waals surface area contributed by atoms with Gasteiger partial charge in [-0.25, -0.2) is 0 Å². The number of aryl methyl sites for hydroxylation is 6. The number of carbonyl (C=O) groups is 5. The fraction of sp³-hybridized carbons (Fsp3) is 0.316. The molecule has 0 aliphatic rings. The van der Waals surface area contributed by atoms with Crippen molar-refractivity contribution in [1.82, 2.24) is 0 Å². The molecule has 247 valence electrons. The minimum absolute atomic E-state index is 0. The van der Waals surface area contributed by atoms with E-state index < -0.39 is 0 Å². The van der Waals surface area contributed by atoms with Gasteiger partial charge in [-0.15, -0.1) is 28.3 Å². The Balaban J connectivity index is -0.000000271. The summed E-state index contributed by atoms with van der Waals surface area (Å²) in [6.45, 7) is 17.2. The number of ketones is 5. The summed E-state index contributed by atoms with van der Waals surface area (Å²) in [6.07, 6.45) is 1.52. The van der Waals surface area contributed by atoms with Gasteiger partial charge in [0.25, 0.3) is 0 Å². The van der Waals surface area contributed by atoms with Crippen LogP contribution in [0, 0.1) is 71.1 Å². The van der Waals surface area contributed by atoms with Crippen molar-refractivity contribution in [2.75, 3.05) is 0 Å². The first-order valence-corrected chi connectivity index (χ1v) is 14.2. The molecule has 3 aromatic carbocycles. The third kappa shape index (κ3) is 23.7. The van der Waals surface area contributed by atoms with Crippen LogP contribution >= 0.6 is 0 Å². The van der Waals surface area contributed by atoms with Crippen LogP contribution in [0.2, 0.25) is 0 Å². The zero-order valence-corrected chi connectivity index (χ0v) is 38.3. The molecule has 3 rings (SSSR count). The van der Waals surface area contributed by atoms with Crippen molar-refractivity contribution in [1.29, 1.82) is 5.26 Å². The number of allylic oxidation sites excluding steroid dienone is 1. The molecule has 10 heteroatoms. The molecule has 3 aromatic rings. The van der Waals surface area contributed by atoms with Crippen LogP contribution in [0.1, 0.15) is 95.4 Å². The normalized spacial score (nSPS) is 9.31. The fourth-order valence-electron chi connectivity index (χ4n) is 3.72. The number of nitrogens with two attached hydrogens (primary N) is 1. The molecule has 0 aromatic heterocycles. The first-order valence-electron chi connectivity index (χ1n) is 14.2. The van der Waals surface area contributed by atoms with Crippen molar-refractivity contribution in [3.05, 3.63) is 111 Å². The Kier molecular flexibility index (Phi) is 31.1. The molecule has 0 aliphatic carbocycles. The monoisotopic (exact) mass is 874 g/mol. The number of hydrogen-bond donors (Lipinski definition) is 1. The van der Waals surface area contributed by atoms with Gasteiger partial charge in [-0.2, -0.15) is 70.5 Å². The second-order valence-corrected chi connectivity index (χ2v) is 10.8. The van der Waals surface area contributed by atoms with Crippen LogP contribution in [0.5, 0.6) is 0 Å². The second kappa shape index (κ2) is 28.1. The number of Topliss-reactive ketones (excluding diaryl/α,β-unsaturated/α-hetero) is 4. The number of nitrogens with zero attached hydrogens (tertiary/aromatic N) is 1. The summed E-state index contributed by atoms with van der Waals surface area (Å²) in [6, 6.07) is 22.3. The molecule has 0 atom stereocenters. The van der Waals surface area contributed by atoms with Crippen molar-refractivity contribution >= 4 is 34.6 Å². The fourth-order valence-corrected chi connectivity index (χ4v) is 3.72. The number of rotatable bonds is 7. The van der Waals surface area contributed by atoms with Gasteiger partial charge in [0.05, 0.1) is 18.9 Å². The molecule has 0 heterocycles. The van der Waals surface area contributed by atoms with Crippen LogP contribution in [-0.2, 0) is 117 Å². The van der Waals surface area contributed by atoms with Gasteiger partial charge in [0.1, 0.15) is 23.1 Å². The Bertz CT molecular complexity index is 1610. The van der Waals surface area contributed by atoms with Gasteiger partial charge in [-0.05, 0) is 27.7 Å². The SMILES string of the molecule is CC(=O)/C=C(\N)c1cc(C)[c-]cc1C.CC(=O)CC(=O)c1cc(C)[c-]cc1C.CC(=O)CC(C)=O.Cc1[c-]cc(C)c(C#N)c1.[Y].[Y].[Y]. The maximum absolute atomic E-state index is 11.6. The van der Waals surface area contributed by atoms with E-state index in [1.54, 1.807) is 12.1 Å². The molecule has 2 N–H and O–H groups in total. The molecule has 0 saturated heterocycles. The molecular weight excluding hydrogens is 831 g/mol. The molecule has 0 amide bonds. The van der Waals surface area contributed by atoms with Crippen LogP contribution in [0.25, 0.3) is 5.70 Å². The largest absolute Gasteiger partial charge is 0.400 e. The van der Waals surface area contributed by atoms with E-state index in [0.717, 1.165) is 44.5 Å². The van der Waals surface area contributed by atoms with E-state index in [1.807, 2.05) is 65.8 Å². The van der Waals surface area contributed by atoms with Crippen LogP contribution in [0.15, 0.2) is 42.5 Å². The van der Waals surface area contributed by atoms with E-state index in [-0.39, 0.29) is 140 Å². The van der Waals surface area contributed by atoms with E-state index in [9.17, 15) is 24.0 Å². The first-order chi connectivity index (χ1) is 20.9. The maximum atomic E-state index is 11.6. The molecule has 0 unspecified atom stereocenters. The van der Waals surface area contributed by atoms with Crippen molar-refractivity contribution in [2.24, 2.45) is 5.73 Å². The van der Waals surface area contributed by atoms with Crippen molar-refractivity contribution in [2.45, 2.75) is 82.1 Å². The number of carbonyl (C=O) groups excluding carboxylic acids is 5. The Labute approximate surface area is 362 Å². The van der Waals surface area contributed by atoms with Crippen molar-refractivity contribution < 1.29 is 122 Å². The number of hydrogen-bond acceptors (Lipinski definition) is 7. The Hall–Kier alpha value is -1.65. The summed E-state index contributed by atoms with van der Waals surface area (Å²) in [7, 11) is 0. The molecule has 0 bridgehead atoms. The average Bonchev–Trinajstić information content (AvgIpc) is 2.92. The van der Waals surface area contributed by atoms with Gasteiger partial charge in [-0.1, -0.05) is 52.7 Å². The Morgan fingerprint density at radius 2 is 1.02 bits per heavy atom. The molecule has 0 aliphatic heterocycles. The molecule has 0 spiro atoms. The molecule has 0 fully saturated rings. The zero-order valence-electron chi connectivity index (χ0n) is 29.8. The van der Waals surface area contributed by atoms with E-state index >= 15 is 0 Å². The quantitative estimate of drug-likeness (QED) is 0.120. The number of nitriles is 1. The zero-order chi connectivity index (χ0) is 34.9. The predicted molar refractivity (Wildman–Crippen MR) is 177 cm³/mol. The van der Waals surface area contributed by atoms with Crippen LogP contribution in [0.3, 0.4) is 0 Å². The minimum Gasteiger partial charge on any atom is -0.400 e. The summed E-state index contributed by atoms with van der Waals surface area (Å²) in [5.74, 6) is -0.362. The number of benzene rings is 3. The van der Waals surface area contributed by atoms with E-state index in [0.29, 0.717) is 11.3 Å². The standard InChI is InChI=1S/C12H14NO.C12H13O2.C9H8N.C5H8O2.3Y/c1-8-4-5-9(2)11(6-8)12(13)7-10(3)14;1-8-4-5-9(2)11(6-8)12(14)7-10(3)13;1-7-3-4-8(2)9(5-7)6-10;1-4(6)3-5(2)7;;;/h5-7H,13H2,1-3H3;5-6H,7H2,1-3H3;4-5H,1-2H3;3H2,1-2H3;;;/q3*-1;;;;/b12-7-;;;;;;. The molecular formula is C38H43N2O5Y3-3. The third-order valence-electron chi connectivity index (χ3n) is 5.90. The third-order valence-corrected chi connectivity index (χ3v) is 5.90. The van der Waals surface area contributed by atoms with E-state index in [4.69, 9.17) is 11.0 Å². The summed E-state index contributed by atoms with van der Waals surface area (Å²) >= 11 is 0. The Morgan fingerprint density at radius 3 is 1.38 bits per heavy atom.